The fourth-order valence-electron chi connectivity index (χ4n) is 3.01. The number of carbonyl (C=O) groups excluding carboxylic acids is 1. The minimum Gasteiger partial charge on any atom is -0.506 e. The van der Waals surface area contributed by atoms with E-state index in [0.717, 1.165) is 5.69 Å². The number of para-hydroxylation sites is 2. The summed E-state index contributed by atoms with van der Waals surface area (Å²) >= 11 is 0. The number of benzene rings is 2. The molecule has 1 aliphatic heterocycles. The SMILES string of the molecule is O=C(c1nnn(-c2ccc(F)cc2)n1)N1CCN(c2ccccc2O)CC1. The molecule has 1 amide bonds. The van der Waals surface area contributed by atoms with Gasteiger partial charge in [0.1, 0.15) is 11.6 Å². The highest BCUT2D eigenvalue weighted by Gasteiger charge is 2.26. The molecule has 4 rings (SSSR count). The smallest absolute Gasteiger partial charge is 0.295 e. The van der Waals surface area contributed by atoms with Gasteiger partial charge in [-0.3, -0.25) is 4.79 Å². The van der Waals surface area contributed by atoms with Crippen LogP contribution in [0, 0.1) is 5.82 Å². The lowest BCUT2D eigenvalue weighted by Gasteiger charge is -2.35. The standard InChI is InChI=1S/C18H17FN6O2/c19-13-5-7-14(8-6-13)25-21-17(20-22-25)18(27)24-11-9-23(10-12-24)15-3-1-2-4-16(15)26/h1-8,26H,9-12H2. The summed E-state index contributed by atoms with van der Waals surface area (Å²) in [4.78, 5) is 17.5. The summed E-state index contributed by atoms with van der Waals surface area (Å²) in [5.41, 5.74) is 1.28. The highest BCUT2D eigenvalue weighted by Crippen LogP contribution is 2.27. The lowest BCUT2D eigenvalue weighted by atomic mass is 10.2. The van der Waals surface area contributed by atoms with Crippen LogP contribution >= 0.6 is 0 Å². The first-order valence-electron chi connectivity index (χ1n) is 8.50. The van der Waals surface area contributed by atoms with Crippen molar-refractivity contribution >= 4 is 11.6 Å². The first kappa shape index (κ1) is 17.0. The number of phenolic OH excluding ortho intramolecular Hbond substituents is 1. The van der Waals surface area contributed by atoms with Gasteiger partial charge < -0.3 is 14.9 Å². The third kappa shape index (κ3) is 3.43. The Hall–Kier alpha value is -3.49. The van der Waals surface area contributed by atoms with Gasteiger partial charge in [0.05, 0.1) is 11.4 Å². The fourth-order valence-corrected chi connectivity index (χ4v) is 3.01. The molecule has 8 nitrogen and oxygen atoms in total. The van der Waals surface area contributed by atoms with E-state index in [0.29, 0.717) is 31.9 Å². The van der Waals surface area contributed by atoms with Gasteiger partial charge in [0.15, 0.2) is 0 Å². The van der Waals surface area contributed by atoms with Crippen LogP contribution in [0.4, 0.5) is 10.1 Å². The highest BCUT2D eigenvalue weighted by molar-refractivity contribution is 5.90. The number of carbonyl (C=O) groups is 1. The summed E-state index contributed by atoms with van der Waals surface area (Å²) in [6.07, 6.45) is 0. The van der Waals surface area contributed by atoms with Gasteiger partial charge in [-0.25, -0.2) is 4.39 Å². The van der Waals surface area contributed by atoms with E-state index in [1.54, 1.807) is 17.0 Å². The molecule has 0 bridgehead atoms. The average Bonchev–Trinajstić information content (AvgIpc) is 3.19. The van der Waals surface area contributed by atoms with Gasteiger partial charge in [-0.05, 0) is 41.6 Å². The fraction of sp³-hybridized carbons (Fsp3) is 0.222. The predicted molar refractivity (Wildman–Crippen MR) is 95.3 cm³/mol. The van der Waals surface area contributed by atoms with Gasteiger partial charge in [-0.1, -0.05) is 12.1 Å². The zero-order valence-electron chi connectivity index (χ0n) is 14.4. The van der Waals surface area contributed by atoms with Crippen molar-refractivity contribution in [3.05, 3.63) is 60.2 Å². The molecule has 9 heteroatoms. The van der Waals surface area contributed by atoms with Crippen LogP contribution in [0.25, 0.3) is 5.69 Å². The van der Waals surface area contributed by atoms with Gasteiger partial charge >= 0.3 is 0 Å². The van der Waals surface area contributed by atoms with Gasteiger partial charge in [0.25, 0.3) is 11.7 Å². The molecule has 0 spiro atoms. The van der Waals surface area contributed by atoms with Crippen molar-refractivity contribution in [1.82, 2.24) is 25.1 Å². The molecule has 0 aliphatic carbocycles. The maximum absolute atomic E-state index is 13.0. The Kier molecular flexibility index (Phi) is 4.41. The molecule has 2 aromatic carbocycles. The molecule has 0 unspecified atom stereocenters. The first-order chi connectivity index (χ1) is 13.1. The summed E-state index contributed by atoms with van der Waals surface area (Å²) in [6.45, 7) is 2.15. The third-order valence-corrected chi connectivity index (χ3v) is 4.45. The normalized spacial score (nSPS) is 14.4. The Morgan fingerprint density at radius 1 is 1.00 bits per heavy atom. The number of rotatable bonds is 3. The molecule has 0 saturated carbocycles. The van der Waals surface area contributed by atoms with Gasteiger partial charge in [-0.2, -0.15) is 0 Å². The summed E-state index contributed by atoms with van der Waals surface area (Å²) in [5, 5.41) is 21.8. The molecule has 2 heterocycles. The predicted octanol–water partition coefficient (Wildman–Crippen LogP) is 1.47. The summed E-state index contributed by atoms with van der Waals surface area (Å²) in [7, 11) is 0. The number of piperazine rings is 1. The summed E-state index contributed by atoms with van der Waals surface area (Å²) in [5.74, 6) is -0.450. The monoisotopic (exact) mass is 368 g/mol. The second-order valence-corrected chi connectivity index (χ2v) is 6.15. The largest absolute Gasteiger partial charge is 0.506 e. The lowest BCUT2D eigenvalue weighted by Crippen LogP contribution is -2.49. The van der Waals surface area contributed by atoms with Crippen LogP contribution in [0.1, 0.15) is 10.6 Å². The molecular weight excluding hydrogens is 351 g/mol. The maximum atomic E-state index is 13.0. The second-order valence-electron chi connectivity index (χ2n) is 6.15. The Bertz CT molecular complexity index is 950. The van der Waals surface area contributed by atoms with E-state index in [1.165, 1.54) is 29.1 Å². The van der Waals surface area contributed by atoms with Crippen LogP contribution in [-0.4, -0.2) is 62.3 Å². The number of anilines is 1. The van der Waals surface area contributed by atoms with E-state index in [4.69, 9.17) is 0 Å². The van der Waals surface area contributed by atoms with Gasteiger partial charge in [-0.15, -0.1) is 15.0 Å². The number of tetrazole rings is 1. The quantitative estimate of drug-likeness (QED) is 0.753. The number of hydrogen-bond donors (Lipinski definition) is 1. The van der Waals surface area contributed by atoms with Crippen LogP contribution in [0.15, 0.2) is 48.5 Å². The Labute approximate surface area is 154 Å². The molecule has 27 heavy (non-hydrogen) atoms. The minimum atomic E-state index is -0.363. The van der Waals surface area contributed by atoms with E-state index in [1.807, 2.05) is 17.0 Å². The molecule has 1 N–H and O–H groups in total. The number of nitrogens with zero attached hydrogens (tertiary/aromatic N) is 6. The molecule has 1 aliphatic rings. The van der Waals surface area contributed by atoms with E-state index < -0.39 is 0 Å². The zero-order chi connectivity index (χ0) is 18.8. The van der Waals surface area contributed by atoms with Crippen LogP contribution < -0.4 is 4.90 Å². The van der Waals surface area contributed by atoms with Crippen molar-refractivity contribution in [3.8, 4) is 11.4 Å². The van der Waals surface area contributed by atoms with Gasteiger partial charge in [0.2, 0.25) is 0 Å². The van der Waals surface area contributed by atoms with E-state index in [9.17, 15) is 14.3 Å². The third-order valence-electron chi connectivity index (χ3n) is 4.45. The van der Waals surface area contributed by atoms with Gasteiger partial charge in [0, 0.05) is 26.2 Å². The Morgan fingerprint density at radius 3 is 2.41 bits per heavy atom. The van der Waals surface area contributed by atoms with Crippen LogP contribution in [0.5, 0.6) is 5.75 Å². The van der Waals surface area contributed by atoms with Crippen LogP contribution in [0.3, 0.4) is 0 Å². The lowest BCUT2D eigenvalue weighted by molar-refractivity contribution is 0.0734. The van der Waals surface area contributed by atoms with Crippen LogP contribution in [-0.2, 0) is 0 Å². The number of aromatic hydroxyl groups is 1. The Morgan fingerprint density at radius 2 is 1.70 bits per heavy atom. The number of phenols is 1. The van der Waals surface area contributed by atoms with Crippen molar-refractivity contribution < 1.29 is 14.3 Å². The number of aromatic nitrogens is 4. The second kappa shape index (κ2) is 7.02. The van der Waals surface area contributed by atoms with E-state index in [-0.39, 0.29) is 23.3 Å². The highest BCUT2D eigenvalue weighted by atomic mass is 19.1. The Balaban J connectivity index is 1.43. The van der Waals surface area contributed by atoms with Crippen molar-refractivity contribution in [2.75, 3.05) is 31.1 Å². The van der Waals surface area contributed by atoms with E-state index >= 15 is 0 Å². The van der Waals surface area contributed by atoms with Crippen molar-refractivity contribution in [2.24, 2.45) is 0 Å². The molecule has 0 atom stereocenters. The first-order valence-corrected chi connectivity index (χ1v) is 8.50. The molecule has 1 fully saturated rings. The molecule has 3 aromatic rings. The molecule has 1 aromatic heterocycles. The van der Waals surface area contributed by atoms with E-state index in [2.05, 4.69) is 15.4 Å². The van der Waals surface area contributed by atoms with Crippen molar-refractivity contribution in [2.45, 2.75) is 0 Å². The molecule has 1 saturated heterocycles. The molecule has 138 valence electrons. The number of hydrogen-bond acceptors (Lipinski definition) is 6. The summed E-state index contributed by atoms with van der Waals surface area (Å²) in [6, 6.07) is 12.7. The summed E-state index contributed by atoms with van der Waals surface area (Å²) < 4.78 is 13.0. The topological polar surface area (TPSA) is 87.4 Å². The van der Waals surface area contributed by atoms with Crippen LogP contribution in [0.2, 0.25) is 0 Å². The minimum absolute atomic E-state index is 0.00432. The molecular formula is C18H17FN6O2. The average molecular weight is 368 g/mol. The van der Waals surface area contributed by atoms with Crippen molar-refractivity contribution in [1.29, 1.82) is 0 Å². The number of halogens is 1. The zero-order valence-corrected chi connectivity index (χ0v) is 14.4. The van der Waals surface area contributed by atoms with Crippen molar-refractivity contribution in [3.63, 3.8) is 0 Å². The maximum Gasteiger partial charge on any atom is 0.295 e. The molecule has 0 radical (unpaired) electrons. The number of amides is 1.